The lowest BCUT2D eigenvalue weighted by molar-refractivity contribution is 0.395. The number of halogens is 1. The van der Waals surface area contributed by atoms with Crippen LogP contribution in [0.2, 0.25) is 0 Å². The third kappa shape index (κ3) is 0.845. The SMILES string of the molecule is Cn1c(O)c(I)c(=O)n1C. The molecule has 1 heterocycles. The predicted molar refractivity (Wildman–Crippen MR) is 45.0 cm³/mol. The van der Waals surface area contributed by atoms with Crippen LogP contribution >= 0.6 is 22.6 Å². The Labute approximate surface area is 71.2 Å². The molecule has 5 heteroatoms. The molecule has 0 unspecified atom stereocenters. The molecule has 4 nitrogen and oxygen atoms in total. The second kappa shape index (κ2) is 2.30. The van der Waals surface area contributed by atoms with E-state index < -0.39 is 0 Å². The Morgan fingerprint density at radius 1 is 1.40 bits per heavy atom. The number of aromatic hydroxyl groups is 1. The molecule has 1 aromatic rings. The standard InChI is InChI=1S/C5H7IN2O2/c1-7-4(9)3(6)5(10)8(7)2/h9H,1-2H3. The third-order valence-electron chi connectivity index (χ3n) is 1.43. The summed E-state index contributed by atoms with van der Waals surface area (Å²) in [4.78, 5) is 11.0. The van der Waals surface area contributed by atoms with Crippen molar-refractivity contribution in [1.29, 1.82) is 0 Å². The molecule has 0 aromatic carbocycles. The van der Waals surface area contributed by atoms with E-state index in [2.05, 4.69) is 0 Å². The monoisotopic (exact) mass is 254 g/mol. The normalized spacial score (nSPS) is 10.3. The van der Waals surface area contributed by atoms with Crippen molar-refractivity contribution >= 4 is 22.6 Å². The van der Waals surface area contributed by atoms with Gasteiger partial charge >= 0.3 is 0 Å². The van der Waals surface area contributed by atoms with Gasteiger partial charge in [0.2, 0.25) is 5.88 Å². The van der Waals surface area contributed by atoms with Gasteiger partial charge in [0.25, 0.3) is 5.56 Å². The number of nitrogens with zero attached hydrogens (tertiary/aromatic N) is 2. The summed E-state index contributed by atoms with van der Waals surface area (Å²) in [6, 6.07) is 0. The van der Waals surface area contributed by atoms with Crippen molar-refractivity contribution in [1.82, 2.24) is 9.36 Å². The van der Waals surface area contributed by atoms with Gasteiger partial charge in [-0.3, -0.25) is 14.2 Å². The maximum atomic E-state index is 11.0. The summed E-state index contributed by atoms with van der Waals surface area (Å²) in [6.07, 6.45) is 0. The van der Waals surface area contributed by atoms with Crippen molar-refractivity contribution in [3.8, 4) is 5.88 Å². The molecule has 1 N–H and O–H groups in total. The summed E-state index contributed by atoms with van der Waals surface area (Å²) in [7, 11) is 3.23. The van der Waals surface area contributed by atoms with Crippen LogP contribution in [0.3, 0.4) is 0 Å². The van der Waals surface area contributed by atoms with Gasteiger partial charge < -0.3 is 5.11 Å². The lowest BCUT2D eigenvalue weighted by Crippen LogP contribution is -2.17. The molecule has 1 rings (SSSR count). The highest BCUT2D eigenvalue weighted by atomic mass is 127. The maximum absolute atomic E-state index is 11.0. The van der Waals surface area contributed by atoms with E-state index in [9.17, 15) is 4.79 Å². The van der Waals surface area contributed by atoms with E-state index in [4.69, 9.17) is 5.11 Å². The highest BCUT2D eigenvalue weighted by Gasteiger charge is 2.10. The average Bonchev–Trinajstić information content (AvgIpc) is 2.07. The molecular weight excluding hydrogens is 247 g/mol. The van der Waals surface area contributed by atoms with Crippen LogP contribution < -0.4 is 5.56 Å². The molecule has 1 aromatic heterocycles. The van der Waals surface area contributed by atoms with Crippen LogP contribution in [0.15, 0.2) is 4.79 Å². The molecule has 56 valence electrons. The van der Waals surface area contributed by atoms with Crippen molar-refractivity contribution in [2.75, 3.05) is 0 Å². The van der Waals surface area contributed by atoms with Gasteiger partial charge in [-0.25, -0.2) is 0 Å². The van der Waals surface area contributed by atoms with E-state index in [1.54, 1.807) is 14.1 Å². The zero-order chi connectivity index (χ0) is 7.89. The topological polar surface area (TPSA) is 47.2 Å². The van der Waals surface area contributed by atoms with E-state index in [0.29, 0.717) is 3.57 Å². The number of aromatic nitrogens is 2. The maximum Gasteiger partial charge on any atom is 0.283 e. The molecular formula is C5H7IN2O2. The molecule has 10 heavy (non-hydrogen) atoms. The zero-order valence-electron chi connectivity index (χ0n) is 5.63. The van der Waals surface area contributed by atoms with E-state index in [1.807, 2.05) is 22.6 Å². The van der Waals surface area contributed by atoms with E-state index >= 15 is 0 Å². The number of hydrogen-bond donors (Lipinski definition) is 1. The van der Waals surface area contributed by atoms with Gasteiger partial charge in [0.1, 0.15) is 3.57 Å². The average molecular weight is 254 g/mol. The largest absolute Gasteiger partial charge is 0.493 e. The minimum atomic E-state index is -0.166. The van der Waals surface area contributed by atoms with E-state index in [1.165, 1.54) is 9.36 Å². The van der Waals surface area contributed by atoms with Crippen LogP contribution in [0.1, 0.15) is 0 Å². The summed E-state index contributed by atoms with van der Waals surface area (Å²) in [5, 5.41) is 9.14. The van der Waals surface area contributed by atoms with Gasteiger partial charge in [-0.1, -0.05) is 0 Å². The highest BCUT2D eigenvalue weighted by molar-refractivity contribution is 14.1. The van der Waals surface area contributed by atoms with Crippen LogP contribution in [0.4, 0.5) is 0 Å². The zero-order valence-corrected chi connectivity index (χ0v) is 7.79. The smallest absolute Gasteiger partial charge is 0.283 e. The number of hydrogen-bond acceptors (Lipinski definition) is 2. The van der Waals surface area contributed by atoms with Gasteiger partial charge in [-0.05, 0) is 22.6 Å². The molecule has 0 bridgehead atoms. The Balaban J connectivity index is 3.60. The minimum Gasteiger partial charge on any atom is -0.493 e. The van der Waals surface area contributed by atoms with Gasteiger partial charge in [0.15, 0.2) is 0 Å². The van der Waals surface area contributed by atoms with Crippen molar-refractivity contribution < 1.29 is 5.11 Å². The Morgan fingerprint density at radius 2 is 1.90 bits per heavy atom. The number of rotatable bonds is 0. The Hall–Kier alpha value is -0.460. The van der Waals surface area contributed by atoms with Crippen LogP contribution in [-0.2, 0) is 14.1 Å². The summed E-state index contributed by atoms with van der Waals surface area (Å²) in [6.45, 7) is 0. The van der Waals surface area contributed by atoms with Gasteiger partial charge in [0.05, 0.1) is 0 Å². The van der Waals surface area contributed by atoms with Crippen LogP contribution in [0.25, 0.3) is 0 Å². The summed E-state index contributed by atoms with van der Waals surface area (Å²) in [5.41, 5.74) is -0.166. The fourth-order valence-corrected chi connectivity index (χ4v) is 1.36. The van der Waals surface area contributed by atoms with Crippen molar-refractivity contribution in [2.24, 2.45) is 14.1 Å². The van der Waals surface area contributed by atoms with Gasteiger partial charge in [-0.2, -0.15) is 0 Å². The molecule has 0 fully saturated rings. The first-order chi connectivity index (χ1) is 4.55. The fourth-order valence-electron chi connectivity index (χ4n) is 0.658. The van der Waals surface area contributed by atoms with Crippen LogP contribution in [0.5, 0.6) is 5.88 Å². The van der Waals surface area contributed by atoms with Crippen molar-refractivity contribution in [3.05, 3.63) is 13.9 Å². The Morgan fingerprint density at radius 3 is 2.00 bits per heavy atom. The summed E-state index contributed by atoms with van der Waals surface area (Å²) >= 11 is 1.81. The molecule has 0 saturated heterocycles. The van der Waals surface area contributed by atoms with Gasteiger partial charge in [-0.15, -0.1) is 0 Å². The first-order valence-electron chi connectivity index (χ1n) is 2.66. The lowest BCUT2D eigenvalue weighted by atomic mass is 10.7. The molecule has 0 aliphatic rings. The molecule has 0 radical (unpaired) electrons. The highest BCUT2D eigenvalue weighted by Crippen LogP contribution is 2.12. The summed E-state index contributed by atoms with van der Waals surface area (Å²) in [5.74, 6) is 0.0214. The van der Waals surface area contributed by atoms with Crippen LogP contribution in [-0.4, -0.2) is 14.5 Å². The third-order valence-corrected chi connectivity index (χ3v) is 2.38. The van der Waals surface area contributed by atoms with Crippen molar-refractivity contribution in [2.45, 2.75) is 0 Å². The molecule has 0 atom stereocenters. The molecule has 0 saturated carbocycles. The minimum absolute atomic E-state index is 0.0214. The van der Waals surface area contributed by atoms with Gasteiger partial charge in [0, 0.05) is 14.1 Å². The molecule has 0 aliphatic carbocycles. The van der Waals surface area contributed by atoms with Crippen LogP contribution in [0, 0.1) is 3.57 Å². The first-order valence-corrected chi connectivity index (χ1v) is 3.74. The molecule has 0 spiro atoms. The Kier molecular flexibility index (Phi) is 1.76. The predicted octanol–water partition coefficient (Wildman–Crippen LogP) is 0.0340. The van der Waals surface area contributed by atoms with E-state index in [0.717, 1.165) is 0 Å². The molecule has 0 aliphatic heterocycles. The quantitative estimate of drug-likeness (QED) is 0.664. The van der Waals surface area contributed by atoms with E-state index in [-0.39, 0.29) is 11.4 Å². The fraction of sp³-hybridized carbons (Fsp3) is 0.400. The first kappa shape index (κ1) is 7.64. The molecule has 0 amide bonds. The Bertz CT molecular complexity index is 284. The second-order valence-electron chi connectivity index (χ2n) is 1.99. The second-order valence-corrected chi connectivity index (χ2v) is 3.07. The lowest BCUT2D eigenvalue weighted by Gasteiger charge is -1.97. The van der Waals surface area contributed by atoms with Crippen molar-refractivity contribution in [3.63, 3.8) is 0 Å². The summed E-state index contributed by atoms with van der Waals surface area (Å²) < 4.78 is 3.10.